The van der Waals surface area contributed by atoms with Crippen LogP contribution in [0.2, 0.25) is 0 Å². The van der Waals surface area contributed by atoms with Crippen LogP contribution in [0.1, 0.15) is 42.9 Å². The van der Waals surface area contributed by atoms with Crippen molar-refractivity contribution in [3.63, 3.8) is 0 Å². The zero-order valence-corrected chi connectivity index (χ0v) is 19.3. The van der Waals surface area contributed by atoms with Gasteiger partial charge in [0.15, 0.2) is 11.6 Å². The SMILES string of the molecule is CCCC1CCc2c(cc(F)c(-c3ccc(-c4cc(F)c(N=C=S)c(F)c4)c(C)c3)c2F)C1. The van der Waals surface area contributed by atoms with Gasteiger partial charge in [-0.3, -0.25) is 0 Å². The number of halogens is 4. The van der Waals surface area contributed by atoms with Crippen molar-refractivity contribution >= 4 is 23.1 Å². The number of rotatable bonds is 5. The molecule has 0 aromatic heterocycles. The molecule has 4 rings (SSSR count). The molecule has 0 radical (unpaired) electrons. The molecule has 1 aliphatic carbocycles. The van der Waals surface area contributed by atoms with E-state index in [1.165, 1.54) is 6.07 Å². The van der Waals surface area contributed by atoms with E-state index in [-0.39, 0.29) is 5.56 Å². The van der Waals surface area contributed by atoms with Gasteiger partial charge in [-0.05, 0) is 95.9 Å². The van der Waals surface area contributed by atoms with Crippen molar-refractivity contribution in [2.75, 3.05) is 0 Å². The van der Waals surface area contributed by atoms with Crippen LogP contribution in [0, 0.1) is 36.1 Å². The van der Waals surface area contributed by atoms with Crippen molar-refractivity contribution in [3.05, 3.63) is 76.4 Å². The number of fused-ring (bicyclic) bond motifs is 1. The zero-order chi connectivity index (χ0) is 23.7. The number of thiocarbonyl (C=S) groups is 1. The second-order valence-corrected chi connectivity index (χ2v) is 8.79. The number of hydrogen-bond donors (Lipinski definition) is 0. The third-order valence-corrected chi connectivity index (χ3v) is 6.51. The van der Waals surface area contributed by atoms with Crippen LogP contribution in [-0.4, -0.2) is 5.16 Å². The molecule has 0 bridgehead atoms. The summed E-state index contributed by atoms with van der Waals surface area (Å²) >= 11 is 4.43. The average molecular weight is 470 g/mol. The van der Waals surface area contributed by atoms with Gasteiger partial charge in [0.05, 0.1) is 10.7 Å². The molecule has 3 aromatic rings. The molecule has 1 nitrogen and oxygen atoms in total. The quantitative estimate of drug-likeness (QED) is 0.207. The van der Waals surface area contributed by atoms with Crippen LogP contribution in [0.15, 0.2) is 41.4 Å². The van der Waals surface area contributed by atoms with Crippen LogP contribution in [0.25, 0.3) is 22.3 Å². The number of isothiocyanates is 1. The molecule has 3 aromatic carbocycles. The Kier molecular flexibility index (Phi) is 6.78. The smallest absolute Gasteiger partial charge is 0.153 e. The Labute approximate surface area is 196 Å². The number of hydrogen-bond acceptors (Lipinski definition) is 2. The van der Waals surface area contributed by atoms with Gasteiger partial charge in [-0.2, -0.15) is 4.99 Å². The van der Waals surface area contributed by atoms with E-state index in [1.54, 1.807) is 25.1 Å². The normalized spacial score (nSPS) is 15.2. The minimum absolute atomic E-state index is 0.0552. The summed E-state index contributed by atoms with van der Waals surface area (Å²) < 4.78 is 59.0. The monoisotopic (exact) mass is 469 g/mol. The molecular formula is C27H23F4NS. The van der Waals surface area contributed by atoms with Crippen LogP contribution in [0.4, 0.5) is 23.2 Å². The summed E-state index contributed by atoms with van der Waals surface area (Å²) in [5, 5.41) is 1.96. The van der Waals surface area contributed by atoms with Gasteiger partial charge >= 0.3 is 0 Å². The van der Waals surface area contributed by atoms with Gasteiger partial charge in [0, 0.05) is 0 Å². The maximum absolute atomic E-state index is 15.4. The molecule has 0 saturated heterocycles. The highest BCUT2D eigenvalue weighted by Gasteiger charge is 2.26. The van der Waals surface area contributed by atoms with Crippen LogP contribution >= 0.6 is 12.2 Å². The lowest BCUT2D eigenvalue weighted by Gasteiger charge is -2.26. The standard InChI is InChI=1S/C27H23F4NS/c1-3-4-16-5-7-21-18(10-16)11-22(28)25(26(21)31)17-6-8-20(15(2)9-17)19-12-23(29)27(32-14-33)24(30)13-19/h6,8-9,11-13,16H,3-5,7,10H2,1-2H3. The zero-order valence-electron chi connectivity index (χ0n) is 18.4. The Bertz CT molecular complexity index is 1250. The Morgan fingerprint density at radius 2 is 1.73 bits per heavy atom. The molecule has 0 N–H and O–H groups in total. The highest BCUT2D eigenvalue weighted by molar-refractivity contribution is 7.78. The van der Waals surface area contributed by atoms with Crippen molar-refractivity contribution < 1.29 is 17.6 Å². The Morgan fingerprint density at radius 3 is 2.36 bits per heavy atom. The third kappa shape index (κ3) is 4.50. The lowest BCUT2D eigenvalue weighted by atomic mass is 9.80. The van der Waals surface area contributed by atoms with Crippen molar-refractivity contribution in [2.45, 2.75) is 46.0 Å². The summed E-state index contributed by atoms with van der Waals surface area (Å²) in [4.78, 5) is 3.42. The topological polar surface area (TPSA) is 12.4 Å². The van der Waals surface area contributed by atoms with E-state index in [0.29, 0.717) is 46.6 Å². The number of aliphatic imine (C=N–C) groups is 1. The summed E-state index contributed by atoms with van der Waals surface area (Å²) in [6.45, 7) is 3.86. The predicted molar refractivity (Wildman–Crippen MR) is 127 cm³/mol. The van der Waals surface area contributed by atoms with Crippen LogP contribution in [0.5, 0.6) is 0 Å². The number of nitrogens with zero attached hydrogens (tertiary/aromatic N) is 1. The van der Waals surface area contributed by atoms with E-state index in [2.05, 4.69) is 24.1 Å². The average Bonchev–Trinajstić information content (AvgIpc) is 2.76. The maximum atomic E-state index is 15.4. The van der Waals surface area contributed by atoms with E-state index in [1.807, 2.05) is 5.16 Å². The van der Waals surface area contributed by atoms with Gasteiger partial charge in [0.25, 0.3) is 0 Å². The summed E-state index contributed by atoms with van der Waals surface area (Å²) in [5.74, 6) is -2.35. The molecule has 0 heterocycles. The summed E-state index contributed by atoms with van der Waals surface area (Å²) in [6, 6.07) is 8.63. The van der Waals surface area contributed by atoms with E-state index in [0.717, 1.165) is 37.0 Å². The Balaban J connectivity index is 1.73. The molecule has 33 heavy (non-hydrogen) atoms. The predicted octanol–water partition coefficient (Wildman–Crippen LogP) is 8.52. The fraction of sp³-hybridized carbons (Fsp3) is 0.296. The second-order valence-electron chi connectivity index (χ2n) is 8.60. The molecule has 0 spiro atoms. The van der Waals surface area contributed by atoms with Gasteiger partial charge in [0.1, 0.15) is 17.3 Å². The first-order chi connectivity index (χ1) is 15.8. The van der Waals surface area contributed by atoms with E-state index in [4.69, 9.17) is 0 Å². The first kappa shape index (κ1) is 23.3. The summed E-state index contributed by atoms with van der Waals surface area (Å²) in [6.07, 6.45) is 4.33. The molecule has 6 heteroatoms. The molecule has 0 saturated carbocycles. The van der Waals surface area contributed by atoms with Crippen LogP contribution in [-0.2, 0) is 12.8 Å². The van der Waals surface area contributed by atoms with E-state index in [9.17, 15) is 8.78 Å². The minimum Gasteiger partial charge on any atom is -0.206 e. The van der Waals surface area contributed by atoms with E-state index < -0.39 is 29.0 Å². The van der Waals surface area contributed by atoms with Crippen molar-refractivity contribution in [1.82, 2.24) is 0 Å². The highest BCUT2D eigenvalue weighted by atomic mass is 32.1. The summed E-state index contributed by atoms with van der Waals surface area (Å²) in [5.41, 5.74) is 2.68. The molecule has 1 atom stereocenters. The number of benzene rings is 3. The molecule has 0 amide bonds. The minimum atomic E-state index is -0.862. The molecule has 170 valence electrons. The molecule has 0 aliphatic heterocycles. The Hall–Kier alpha value is -2.82. The fourth-order valence-electron chi connectivity index (χ4n) is 4.86. The fourth-order valence-corrected chi connectivity index (χ4v) is 4.95. The largest absolute Gasteiger partial charge is 0.206 e. The second kappa shape index (κ2) is 9.58. The van der Waals surface area contributed by atoms with Crippen molar-refractivity contribution in [2.24, 2.45) is 10.9 Å². The maximum Gasteiger partial charge on any atom is 0.153 e. The van der Waals surface area contributed by atoms with Gasteiger partial charge in [-0.1, -0.05) is 38.0 Å². The first-order valence-corrected chi connectivity index (χ1v) is 11.4. The van der Waals surface area contributed by atoms with Gasteiger partial charge in [0.2, 0.25) is 0 Å². The lowest BCUT2D eigenvalue weighted by Crippen LogP contribution is -2.16. The van der Waals surface area contributed by atoms with Gasteiger partial charge in [-0.15, -0.1) is 0 Å². The summed E-state index contributed by atoms with van der Waals surface area (Å²) in [7, 11) is 0. The van der Waals surface area contributed by atoms with Crippen LogP contribution in [0.3, 0.4) is 0 Å². The molecular weight excluding hydrogens is 446 g/mol. The van der Waals surface area contributed by atoms with E-state index >= 15 is 8.78 Å². The number of aryl methyl sites for hydroxylation is 1. The Morgan fingerprint density at radius 1 is 1.00 bits per heavy atom. The van der Waals surface area contributed by atoms with Crippen LogP contribution < -0.4 is 0 Å². The third-order valence-electron chi connectivity index (χ3n) is 6.42. The van der Waals surface area contributed by atoms with Crippen molar-refractivity contribution in [3.8, 4) is 22.3 Å². The highest BCUT2D eigenvalue weighted by Crippen LogP contribution is 2.38. The lowest BCUT2D eigenvalue weighted by molar-refractivity contribution is 0.412. The van der Waals surface area contributed by atoms with Gasteiger partial charge in [-0.25, -0.2) is 17.6 Å². The molecule has 1 aliphatic rings. The van der Waals surface area contributed by atoms with Crippen molar-refractivity contribution in [1.29, 1.82) is 0 Å². The van der Waals surface area contributed by atoms with Gasteiger partial charge < -0.3 is 0 Å². The first-order valence-electron chi connectivity index (χ1n) is 11.0. The molecule has 1 unspecified atom stereocenters. The molecule has 0 fully saturated rings.